The second-order valence-electron chi connectivity index (χ2n) is 4.84. The third kappa shape index (κ3) is 3.60. The highest BCUT2D eigenvalue weighted by molar-refractivity contribution is 5.31. The van der Waals surface area contributed by atoms with Gasteiger partial charge in [-0.15, -0.1) is 0 Å². The van der Waals surface area contributed by atoms with Gasteiger partial charge in [-0.2, -0.15) is 0 Å². The average molecular weight is 231 g/mol. The van der Waals surface area contributed by atoms with E-state index in [-0.39, 0.29) is 0 Å². The summed E-state index contributed by atoms with van der Waals surface area (Å²) in [6, 6.07) is 8.50. The van der Waals surface area contributed by atoms with E-state index in [0.717, 1.165) is 24.4 Å². The molecule has 1 N–H and O–H groups in total. The summed E-state index contributed by atoms with van der Waals surface area (Å²) in [4.78, 5) is 0. The lowest BCUT2D eigenvalue weighted by Crippen LogP contribution is -2.26. The summed E-state index contributed by atoms with van der Waals surface area (Å²) in [6.07, 6.45) is 2.45. The second kappa shape index (κ2) is 5.87. The summed E-state index contributed by atoms with van der Waals surface area (Å²) in [5, 5.41) is 3.40. The summed E-state index contributed by atoms with van der Waals surface area (Å²) >= 11 is 0. The van der Waals surface area contributed by atoms with E-state index in [2.05, 4.69) is 30.1 Å². The lowest BCUT2D eigenvalue weighted by molar-refractivity contribution is 0.351. The Labute approximate surface area is 104 Å². The first-order valence-electron chi connectivity index (χ1n) is 6.33. The molecule has 2 rings (SSSR count). The van der Waals surface area contributed by atoms with Gasteiger partial charge in [0.1, 0.15) is 12.4 Å². The Balaban J connectivity index is 2.02. The summed E-state index contributed by atoms with van der Waals surface area (Å²) in [6.45, 7) is 8.69. The largest absolute Gasteiger partial charge is 0.489 e. The van der Waals surface area contributed by atoms with E-state index in [4.69, 9.17) is 4.74 Å². The predicted octanol–water partition coefficient (Wildman–Crippen LogP) is 3.11. The number of ether oxygens (including phenoxy) is 1. The molecule has 1 heterocycles. The molecule has 0 aliphatic carbocycles. The van der Waals surface area contributed by atoms with Crippen molar-refractivity contribution in [2.24, 2.45) is 0 Å². The van der Waals surface area contributed by atoms with Crippen LogP contribution in [0.1, 0.15) is 31.2 Å². The minimum atomic E-state index is 0.607. The first-order valence-corrected chi connectivity index (χ1v) is 6.33. The second-order valence-corrected chi connectivity index (χ2v) is 4.84. The zero-order valence-electron chi connectivity index (χ0n) is 10.5. The fourth-order valence-electron chi connectivity index (χ4n) is 2.22. The zero-order chi connectivity index (χ0) is 12.1. The Kier molecular flexibility index (Phi) is 4.21. The number of benzene rings is 1. The van der Waals surface area contributed by atoms with Crippen LogP contribution >= 0.6 is 0 Å². The fourth-order valence-corrected chi connectivity index (χ4v) is 2.22. The molecule has 1 fully saturated rings. The molecule has 1 saturated heterocycles. The van der Waals surface area contributed by atoms with E-state index >= 15 is 0 Å². The molecule has 1 aliphatic heterocycles. The molecule has 1 aromatic carbocycles. The highest BCUT2D eigenvalue weighted by atomic mass is 16.5. The Hall–Kier alpha value is -1.28. The molecule has 1 aliphatic rings. The van der Waals surface area contributed by atoms with E-state index in [0.29, 0.717) is 12.5 Å². The van der Waals surface area contributed by atoms with Crippen LogP contribution in [0.2, 0.25) is 0 Å². The molecule has 0 bridgehead atoms. The maximum Gasteiger partial charge on any atom is 0.120 e. The molecular weight excluding hydrogens is 210 g/mol. The molecular formula is C15H21NO. The van der Waals surface area contributed by atoms with Crippen LogP contribution in [0.4, 0.5) is 0 Å². The number of piperidine rings is 1. The van der Waals surface area contributed by atoms with Gasteiger partial charge >= 0.3 is 0 Å². The van der Waals surface area contributed by atoms with Gasteiger partial charge in [0.25, 0.3) is 0 Å². The highest BCUT2D eigenvalue weighted by Gasteiger charge is 2.15. The highest BCUT2D eigenvalue weighted by Crippen LogP contribution is 2.27. The summed E-state index contributed by atoms with van der Waals surface area (Å²) < 4.78 is 5.68. The van der Waals surface area contributed by atoms with Crippen LogP contribution in [0.25, 0.3) is 0 Å². The Morgan fingerprint density at radius 2 is 2.18 bits per heavy atom. The molecule has 0 unspecified atom stereocenters. The van der Waals surface area contributed by atoms with Crippen molar-refractivity contribution < 1.29 is 4.74 Å². The topological polar surface area (TPSA) is 21.3 Å². The Morgan fingerprint density at radius 3 is 2.88 bits per heavy atom. The number of rotatable bonds is 4. The van der Waals surface area contributed by atoms with Crippen LogP contribution in [-0.2, 0) is 0 Å². The van der Waals surface area contributed by atoms with Crippen molar-refractivity contribution >= 4 is 0 Å². The third-order valence-corrected chi connectivity index (χ3v) is 3.15. The van der Waals surface area contributed by atoms with Crippen molar-refractivity contribution in [3.8, 4) is 5.75 Å². The molecule has 92 valence electrons. The van der Waals surface area contributed by atoms with Gasteiger partial charge < -0.3 is 10.1 Å². The van der Waals surface area contributed by atoms with Crippen LogP contribution in [0.15, 0.2) is 36.4 Å². The van der Waals surface area contributed by atoms with Gasteiger partial charge in [-0.25, -0.2) is 0 Å². The first-order chi connectivity index (χ1) is 8.25. The minimum absolute atomic E-state index is 0.607. The van der Waals surface area contributed by atoms with Gasteiger partial charge in [-0.3, -0.25) is 0 Å². The smallest absolute Gasteiger partial charge is 0.120 e. The third-order valence-electron chi connectivity index (χ3n) is 3.15. The molecule has 0 atom stereocenters. The van der Waals surface area contributed by atoms with Crippen molar-refractivity contribution in [3.63, 3.8) is 0 Å². The van der Waals surface area contributed by atoms with Crippen molar-refractivity contribution in [2.75, 3.05) is 19.7 Å². The van der Waals surface area contributed by atoms with Gasteiger partial charge in [-0.05, 0) is 62.0 Å². The van der Waals surface area contributed by atoms with Crippen LogP contribution in [0, 0.1) is 0 Å². The minimum Gasteiger partial charge on any atom is -0.489 e. The maximum atomic E-state index is 5.68. The van der Waals surface area contributed by atoms with Crippen molar-refractivity contribution in [2.45, 2.75) is 25.7 Å². The molecule has 1 aromatic rings. The quantitative estimate of drug-likeness (QED) is 0.804. The molecule has 0 spiro atoms. The molecule has 0 radical (unpaired) electrons. The van der Waals surface area contributed by atoms with E-state index in [1.807, 2.05) is 13.0 Å². The average Bonchev–Trinajstić information content (AvgIpc) is 2.38. The molecule has 0 amide bonds. The van der Waals surface area contributed by atoms with Gasteiger partial charge in [0.05, 0.1) is 0 Å². The van der Waals surface area contributed by atoms with E-state index in [1.165, 1.54) is 18.4 Å². The number of hydrogen-bond donors (Lipinski definition) is 1. The van der Waals surface area contributed by atoms with Gasteiger partial charge in [0.15, 0.2) is 0 Å². The predicted molar refractivity (Wildman–Crippen MR) is 71.6 cm³/mol. The van der Waals surface area contributed by atoms with Crippen LogP contribution in [-0.4, -0.2) is 19.7 Å². The SMILES string of the molecule is C=C(C)COc1cccc(C2CCNCC2)c1. The molecule has 2 nitrogen and oxygen atoms in total. The summed E-state index contributed by atoms with van der Waals surface area (Å²) in [5.41, 5.74) is 2.46. The zero-order valence-corrected chi connectivity index (χ0v) is 10.5. The van der Waals surface area contributed by atoms with Gasteiger partial charge in [-0.1, -0.05) is 18.7 Å². The first kappa shape index (κ1) is 12.2. The lowest BCUT2D eigenvalue weighted by Gasteiger charge is -2.23. The van der Waals surface area contributed by atoms with Crippen molar-refractivity contribution in [1.29, 1.82) is 0 Å². The maximum absolute atomic E-state index is 5.68. The molecule has 0 saturated carbocycles. The fraction of sp³-hybridized carbons (Fsp3) is 0.467. The monoisotopic (exact) mass is 231 g/mol. The normalized spacial score (nSPS) is 16.8. The van der Waals surface area contributed by atoms with E-state index in [1.54, 1.807) is 0 Å². The Morgan fingerprint density at radius 1 is 1.41 bits per heavy atom. The Bertz CT molecular complexity index is 380. The summed E-state index contributed by atoms with van der Waals surface area (Å²) in [7, 11) is 0. The van der Waals surface area contributed by atoms with Gasteiger partial charge in [0, 0.05) is 0 Å². The number of hydrogen-bond acceptors (Lipinski definition) is 2. The van der Waals surface area contributed by atoms with Crippen LogP contribution in [0.3, 0.4) is 0 Å². The summed E-state index contributed by atoms with van der Waals surface area (Å²) in [5.74, 6) is 1.65. The number of nitrogens with one attached hydrogen (secondary N) is 1. The van der Waals surface area contributed by atoms with E-state index in [9.17, 15) is 0 Å². The molecule has 2 heteroatoms. The van der Waals surface area contributed by atoms with E-state index < -0.39 is 0 Å². The molecule has 17 heavy (non-hydrogen) atoms. The lowest BCUT2D eigenvalue weighted by atomic mass is 9.90. The molecule has 0 aromatic heterocycles. The van der Waals surface area contributed by atoms with Crippen LogP contribution in [0.5, 0.6) is 5.75 Å². The van der Waals surface area contributed by atoms with Crippen molar-refractivity contribution in [1.82, 2.24) is 5.32 Å². The van der Waals surface area contributed by atoms with Gasteiger partial charge in [0.2, 0.25) is 0 Å². The van der Waals surface area contributed by atoms with Crippen LogP contribution < -0.4 is 10.1 Å². The van der Waals surface area contributed by atoms with Crippen molar-refractivity contribution in [3.05, 3.63) is 42.0 Å². The standard InChI is InChI=1S/C15H21NO/c1-12(2)11-17-15-5-3-4-14(10-15)13-6-8-16-9-7-13/h3-5,10,13,16H,1,6-9,11H2,2H3.